The van der Waals surface area contributed by atoms with Crippen LogP contribution in [0.4, 0.5) is 15.3 Å². The maximum atomic E-state index is 13.1. The number of anilines is 1. The van der Waals surface area contributed by atoms with Gasteiger partial charge in [-0.1, -0.05) is 54.6 Å². The molecule has 2 atom stereocenters. The van der Waals surface area contributed by atoms with E-state index in [1.165, 1.54) is 0 Å². The highest BCUT2D eigenvalue weighted by Crippen LogP contribution is 2.39. The van der Waals surface area contributed by atoms with E-state index in [-0.39, 0.29) is 11.5 Å². The van der Waals surface area contributed by atoms with Gasteiger partial charge in [-0.15, -0.1) is 0 Å². The van der Waals surface area contributed by atoms with Gasteiger partial charge in [0, 0.05) is 5.56 Å². The lowest BCUT2D eigenvalue weighted by molar-refractivity contribution is 0.123. The van der Waals surface area contributed by atoms with Gasteiger partial charge < -0.3 is 9.47 Å². The van der Waals surface area contributed by atoms with Crippen LogP contribution in [-0.2, 0) is 0 Å². The number of ether oxygens (including phenoxy) is 2. The first kappa shape index (κ1) is 20.5. The molecule has 4 rings (SSSR count). The Kier molecular flexibility index (Phi) is 5.69. The number of hydrogen-bond donors (Lipinski definition) is 0. The lowest BCUT2D eigenvalue weighted by Gasteiger charge is -2.42. The van der Waals surface area contributed by atoms with Crippen LogP contribution < -0.4 is 14.4 Å². The van der Waals surface area contributed by atoms with Gasteiger partial charge in [-0.25, -0.2) is 14.5 Å². The topological polar surface area (TPSA) is 107 Å². The Morgan fingerprint density at radius 3 is 1.81 bits per heavy atom. The lowest BCUT2D eigenvalue weighted by Crippen LogP contribution is -2.58. The second-order valence-corrected chi connectivity index (χ2v) is 6.73. The molecule has 0 bridgehead atoms. The molecule has 0 aromatic heterocycles. The Bertz CT molecular complexity index is 1220. The minimum atomic E-state index is -1.47. The molecular formula is C24H16N4O4. The van der Waals surface area contributed by atoms with Crippen molar-refractivity contribution < 1.29 is 19.1 Å². The van der Waals surface area contributed by atoms with Crippen molar-refractivity contribution in [2.75, 3.05) is 4.90 Å². The number of rotatable bonds is 2. The van der Waals surface area contributed by atoms with E-state index in [4.69, 9.17) is 9.47 Å². The molecule has 0 saturated carbocycles. The molecule has 0 aliphatic carbocycles. The highest BCUT2D eigenvalue weighted by molar-refractivity contribution is 5.93. The third-order valence-corrected chi connectivity index (χ3v) is 4.82. The summed E-state index contributed by atoms with van der Waals surface area (Å²) in [6, 6.07) is 26.0. The molecule has 3 aromatic carbocycles. The van der Waals surface area contributed by atoms with Crippen molar-refractivity contribution in [2.45, 2.75) is 12.2 Å². The zero-order valence-corrected chi connectivity index (χ0v) is 16.7. The molecule has 8 nitrogen and oxygen atoms in total. The maximum Gasteiger partial charge on any atom is 0.422 e. The van der Waals surface area contributed by atoms with Crippen LogP contribution in [0.15, 0.2) is 84.9 Å². The number of fused-ring (bicyclic) bond motifs is 1. The minimum Gasteiger partial charge on any atom is -0.410 e. The van der Waals surface area contributed by atoms with Gasteiger partial charge in [-0.2, -0.15) is 10.5 Å². The third kappa shape index (κ3) is 3.81. The van der Waals surface area contributed by atoms with E-state index in [0.29, 0.717) is 11.3 Å². The Hall–Kier alpha value is -4.82. The molecule has 1 aliphatic heterocycles. The Labute approximate surface area is 184 Å². The molecule has 0 fully saturated rings. The number of benzene rings is 3. The zero-order chi connectivity index (χ0) is 22.5. The molecular weight excluding hydrogens is 408 g/mol. The number of nitrogens with zero attached hydrogens (tertiary/aromatic N) is 4. The van der Waals surface area contributed by atoms with Crippen LogP contribution in [0.1, 0.15) is 11.6 Å². The molecule has 3 aromatic rings. The molecule has 0 spiro atoms. The second-order valence-electron chi connectivity index (χ2n) is 6.73. The largest absolute Gasteiger partial charge is 0.422 e. The van der Waals surface area contributed by atoms with Gasteiger partial charge in [0.25, 0.3) is 0 Å². The van der Waals surface area contributed by atoms with E-state index in [1.54, 1.807) is 84.9 Å². The van der Waals surface area contributed by atoms with Crippen LogP contribution in [0.3, 0.4) is 0 Å². The fraction of sp³-hybridized carbons (Fsp3) is 0.0833. The SMILES string of the molecule is N#CC1c2ccccc2N(C(=O)Oc2ccccc2)C(C#N)N1C(=O)Oc1ccccc1. The van der Waals surface area contributed by atoms with Gasteiger partial charge in [0.15, 0.2) is 6.04 Å². The number of nitriles is 2. The van der Waals surface area contributed by atoms with Gasteiger partial charge in [0.1, 0.15) is 17.6 Å². The highest BCUT2D eigenvalue weighted by atomic mass is 16.6. The van der Waals surface area contributed by atoms with Gasteiger partial charge in [-0.05, 0) is 30.3 Å². The number of para-hydroxylation sites is 3. The van der Waals surface area contributed by atoms with Crippen LogP contribution in [0, 0.1) is 22.7 Å². The number of hydrogen-bond acceptors (Lipinski definition) is 6. The summed E-state index contributed by atoms with van der Waals surface area (Å²) in [5.74, 6) is 0.510. The van der Waals surface area contributed by atoms with Crippen molar-refractivity contribution in [3.05, 3.63) is 90.5 Å². The number of carbonyl (C=O) groups excluding carboxylic acids is 2. The van der Waals surface area contributed by atoms with Crippen molar-refractivity contribution >= 4 is 17.9 Å². The summed E-state index contributed by atoms with van der Waals surface area (Å²) >= 11 is 0. The first-order chi connectivity index (χ1) is 15.6. The molecule has 32 heavy (non-hydrogen) atoms. The van der Waals surface area contributed by atoms with E-state index in [9.17, 15) is 20.1 Å². The first-order valence-corrected chi connectivity index (χ1v) is 9.63. The molecule has 2 unspecified atom stereocenters. The van der Waals surface area contributed by atoms with Crippen LogP contribution in [0.2, 0.25) is 0 Å². The van der Waals surface area contributed by atoms with Crippen molar-refractivity contribution in [3.8, 4) is 23.6 Å². The standard InChI is InChI=1S/C24H16N4O4/c25-15-21-19-13-7-8-14-20(19)27(23(29)31-17-9-3-1-4-10-17)22(16-26)28(21)24(30)32-18-11-5-2-6-12-18/h1-14,21-22H. The number of carbonyl (C=O) groups is 2. The quantitative estimate of drug-likeness (QED) is 0.594. The second kappa shape index (κ2) is 8.90. The van der Waals surface area contributed by atoms with Gasteiger partial charge >= 0.3 is 12.2 Å². The maximum absolute atomic E-state index is 13.1. The highest BCUT2D eigenvalue weighted by Gasteiger charge is 2.46. The summed E-state index contributed by atoms with van der Waals surface area (Å²) in [6.07, 6.45) is -3.28. The van der Waals surface area contributed by atoms with Gasteiger partial charge in [-0.3, -0.25) is 4.90 Å². The Balaban J connectivity index is 1.75. The van der Waals surface area contributed by atoms with Crippen molar-refractivity contribution in [1.29, 1.82) is 10.5 Å². The van der Waals surface area contributed by atoms with Crippen LogP contribution >= 0.6 is 0 Å². The van der Waals surface area contributed by atoms with E-state index in [1.807, 2.05) is 12.1 Å². The van der Waals surface area contributed by atoms with Gasteiger partial charge in [0.05, 0.1) is 11.8 Å². The zero-order valence-electron chi connectivity index (χ0n) is 16.7. The van der Waals surface area contributed by atoms with Crippen LogP contribution in [0.5, 0.6) is 11.5 Å². The van der Waals surface area contributed by atoms with Crippen molar-refractivity contribution in [3.63, 3.8) is 0 Å². The molecule has 0 radical (unpaired) electrons. The third-order valence-electron chi connectivity index (χ3n) is 4.82. The Morgan fingerprint density at radius 2 is 1.25 bits per heavy atom. The van der Waals surface area contributed by atoms with Crippen molar-refractivity contribution in [2.24, 2.45) is 0 Å². The van der Waals surface area contributed by atoms with Gasteiger partial charge in [0.2, 0.25) is 6.17 Å². The van der Waals surface area contributed by atoms with E-state index in [0.717, 1.165) is 9.80 Å². The number of amides is 2. The molecule has 0 N–H and O–H groups in total. The normalized spacial score (nSPS) is 16.8. The summed E-state index contributed by atoms with van der Waals surface area (Å²) < 4.78 is 10.8. The molecule has 8 heteroatoms. The lowest BCUT2D eigenvalue weighted by atomic mass is 9.99. The summed E-state index contributed by atoms with van der Waals surface area (Å²) in [4.78, 5) is 28.2. The minimum absolute atomic E-state index is 0.239. The fourth-order valence-corrected chi connectivity index (χ4v) is 3.42. The summed E-state index contributed by atoms with van der Waals surface area (Å²) in [5, 5.41) is 19.8. The summed E-state index contributed by atoms with van der Waals surface area (Å²) in [5.41, 5.74) is 0.673. The fourth-order valence-electron chi connectivity index (χ4n) is 3.42. The van der Waals surface area contributed by atoms with E-state index < -0.39 is 24.4 Å². The first-order valence-electron chi connectivity index (χ1n) is 9.63. The smallest absolute Gasteiger partial charge is 0.410 e. The molecule has 1 aliphatic rings. The molecule has 0 saturated heterocycles. The van der Waals surface area contributed by atoms with E-state index >= 15 is 0 Å². The van der Waals surface area contributed by atoms with Crippen LogP contribution in [0.25, 0.3) is 0 Å². The van der Waals surface area contributed by atoms with Crippen molar-refractivity contribution in [1.82, 2.24) is 4.90 Å². The van der Waals surface area contributed by atoms with Crippen LogP contribution in [-0.4, -0.2) is 23.3 Å². The average Bonchev–Trinajstić information content (AvgIpc) is 2.83. The predicted octanol–water partition coefficient (Wildman–Crippen LogP) is 4.62. The monoisotopic (exact) mass is 424 g/mol. The molecule has 1 heterocycles. The van der Waals surface area contributed by atoms with E-state index in [2.05, 4.69) is 0 Å². The predicted molar refractivity (Wildman–Crippen MR) is 113 cm³/mol. The Morgan fingerprint density at radius 1 is 0.719 bits per heavy atom. The average molecular weight is 424 g/mol. The summed E-state index contributed by atoms with van der Waals surface area (Å²) in [7, 11) is 0. The molecule has 2 amide bonds. The summed E-state index contributed by atoms with van der Waals surface area (Å²) in [6.45, 7) is 0. The molecule has 156 valence electrons.